The fourth-order valence-electron chi connectivity index (χ4n) is 0.456. The molecule has 0 saturated heterocycles. The van der Waals surface area contributed by atoms with E-state index < -0.39 is 0 Å². The molecule has 1 amide bonds. The summed E-state index contributed by atoms with van der Waals surface area (Å²) in [6.07, 6.45) is 0. The van der Waals surface area contributed by atoms with Gasteiger partial charge < -0.3 is 10.2 Å². The molecule has 0 aromatic rings. The minimum absolute atomic E-state index is 0.0388. The molecule has 0 rings (SSSR count). The Kier molecular flexibility index (Phi) is 4.05. The minimum atomic E-state index is 0.0388. The number of carbonyl (C=O) groups is 1. The van der Waals surface area contributed by atoms with Gasteiger partial charge in [-0.15, -0.1) is 0 Å². The molecule has 0 atom stereocenters. The number of nitrogens with zero attached hydrogens (tertiary/aromatic N) is 1. The molecule has 0 aliphatic heterocycles. The molecular weight excluding hydrogens is 116 g/mol. The first-order chi connectivity index (χ1) is 4.13. The highest BCUT2D eigenvalue weighted by molar-refractivity contribution is 5.72. The molecule has 0 fully saturated rings. The largest absolute Gasteiger partial charge is 0.355 e. The molecule has 0 saturated carbocycles. The van der Waals surface area contributed by atoms with Gasteiger partial charge >= 0.3 is 0 Å². The third kappa shape index (κ3) is 7.43. The van der Waals surface area contributed by atoms with Crippen molar-refractivity contribution in [3.05, 3.63) is 0 Å². The molecule has 0 aromatic heterocycles. The molecule has 0 unspecified atom stereocenters. The number of nitrogens with one attached hydrogen (secondary N) is 1. The molecule has 0 bridgehead atoms. The normalized spacial score (nSPS) is 9.78. The zero-order valence-electron chi connectivity index (χ0n) is 6.27. The van der Waals surface area contributed by atoms with E-state index >= 15 is 0 Å². The number of likely N-dealkylation sites (N-methyl/N-ethyl adjacent to an activating group) is 1. The summed E-state index contributed by atoms with van der Waals surface area (Å²) in [7, 11) is 3.95. The first kappa shape index (κ1) is 8.43. The van der Waals surface area contributed by atoms with Crippen molar-refractivity contribution in [3.8, 4) is 0 Å². The summed E-state index contributed by atoms with van der Waals surface area (Å²) in [5.74, 6) is 0.0388. The third-order valence-electron chi connectivity index (χ3n) is 0.933. The van der Waals surface area contributed by atoms with Crippen LogP contribution >= 0.6 is 0 Å². The van der Waals surface area contributed by atoms with Crippen molar-refractivity contribution in [2.24, 2.45) is 0 Å². The van der Waals surface area contributed by atoms with E-state index in [0.29, 0.717) is 0 Å². The van der Waals surface area contributed by atoms with Gasteiger partial charge in [0.05, 0.1) is 0 Å². The van der Waals surface area contributed by atoms with Crippen LogP contribution in [0.5, 0.6) is 0 Å². The predicted molar refractivity (Wildman–Crippen MR) is 37.2 cm³/mol. The second-order valence-electron chi connectivity index (χ2n) is 2.29. The first-order valence-electron chi connectivity index (χ1n) is 3.02. The zero-order chi connectivity index (χ0) is 7.28. The maximum absolute atomic E-state index is 10.3. The van der Waals surface area contributed by atoms with E-state index in [9.17, 15) is 4.79 Å². The zero-order valence-corrected chi connectivity index (χ0v) is 6.27. The van der Waals surface area contributed by atoms with Gasteiger partial charge in [0.25, 0.3) is 0 Å². The summed E-state index contributed by atoms with van der Waals surface area (Å²) in [4.78, 5) is 12.3. The number of hydrogen-bond acceptors (Lipinski definition) is 2. The number of carbonyl (C=O) groups excluding carboxylic acids is 1. The molecule has 0 aliphatic rings. The van der Waals surface area contributed by atoms with E-state index in [1.165, 1.54) is 6.92 Å². The van der Waals surface area contributed by atoms with Crippen LogP contribution in [0.1, 0.15) is 6.92 Å². The van der Waals surface area contributed by atoms with E-state index in [2.05, 4.69) is 5.32 Å². The van der Waals surface area contributed by atoms with Gasteiger partial charge in [-0.1, -0.05) is 0 Å². The SMILES string of the molecule is CC(=O)NCCN(C)C. The Morgan fingerprint density at radius 2 is 2.11 bits per heavy atom. The molecule has 1 N–H and O–H groups in total. The highest BCUT2D eigenvalue weighted by Gasteiger charge is 1.90. The predicted octanol–water partition coefficient (Wildman–Crippen LogP) is -0.316. The van der Waals surface area contributed by atoms with Crippen LogP contribution in [0.4, 0.5) is 0 Å². The van der Waals surface area contributed by atoms with Gasteiger partial charge in [0.2, 0.25) is 5.91 Å². The molecule has 0 spiro atoms. The lowest BCUT2D eigenvalue weighted by Gasteiger charge is -2.08. The molecule has 3 nitrogen and oxygen atoms in total. The molecule has 3 heteroatoms. The summed E-state index contributed by atoms with van der Waals surface area (Å²) in [5.41, 5.74) is 0. The van der Waals surface area contributed by atoms with Gasteiger partial charge in [0.1, 0.15) is 0 Å². The molecule has 0 aliphatic carbocycles. The summed E-state index contributed by atoms with van der Waals surface area (Å²) in [6.45, 7) is 3.16. The lowest BCUT2D eigenvalue weighted by Crippen LogP contribution is -2.29. The van der Waals surface area contributed by atoms with Gasteiger partial charge in [0, 0.05) is 20.0 Å². The van der Waals surface area contributed by atoms with Gasteiger partial charge in [0.15, 0.2) is 0 Å². The van der Waals surface area contributed by atoms with Crippen molar-refractivity contribution < 1.29 is 4.79 Å². The maximum Gasteiger partial charge on any atom is 0.216 e. The smallest absolute Gasteiger partial charge is 0.216 e. The first-order valence-corrected chi connectivity index (χ1v) is 3.02. The number of rotatable bonds is 3. The van der Waals surface area contributed by atoms with Crippen LogP contribution in [0.15, 0.2) is 0 Å². The van der Waals surface area contributed by atoms with Gasteiger partial charge in [-0.25, -0.2) is 0 Å². The van der Waals surface area contributed by atoms with Crippen LogP contribution in [-0.4, -0.2) is 38.0 Å². The second kappa shape index (κ2) is 4.32. The summed E-state index contributed by atoms with van der Waals surface area (Å²) in [5, 5.41) is 2.70. The van der Waals surface area contributed by atoms with Crippen LogP contribution < -0.4 is 5.32 Å². The van der Waals surface area contributed by atoms with Crippen LogP contribution in [0.2, 0.25) is 0 Å². The van der Waals surface area contributed by atoms with E-state index in [4.69, 9.17) is 0 Å². The van der Waals surface area contributed by atoms with Crippen molar-refractivity contribution in [1.82, 2.24) is 10.2 Å². The Labute approximate surface area is 56.0 Å². The van der Waals surface area contributed by atoms with Crippen molar-refractivity contribution in [2.75, 3.05) is 27.2 Å². The van der Waals surface area contributed by atoms with E-state index in [-0.39, 0.29) is 5.91 Å². The van der Waals surface area contributed by atoms with Crippen LogP contribution in [0.25, 0.3) is 0 Å². The molecule has 9 heavy (non-hydrogen) atoms. The van der Waals surface area contributed by atoms with Crippen molar-refractivity contribution in [2.45, 2.75) is 6.92 Å². The Balaban J connectivity index is 3.01. The molecular formula is C6H14N2O. The van der Waals surface area contributed by atoms with Gasteiger partial charge in [-0.3, -0.25) is 4.79 Å². The Bertz CT molecular complexity index is 91.1. The van der Waals surface area contributed by atoms with Crippen molar-refractivity contribution >= 4 is 5.91 Å². The molecule has 0 aromatic carbocycles. The van der Waals surface area contributed by atoms with E-state index in [0.717, 1.165) is 13.1 Å². The third-order valence-corrected chi connectivity index (χ3v) is 0.933. The average Bonchev–Trinajstić information content (AvgIpc) is 1.63. The highest BCUT2D eigenvalue weighted by Crippen LogP contribution is 1.69. The Morgan fingerprint density at radius 1 is 1.56 bits per heavy atom. The summed E-state index contributed by atoms with van der Waals surface area (Å²) in [6, 6.07) is 0. The van der Waals surface area contributed by atoms with Crippen LogP contribution in [0.3, 0.4) is 0 Å². The minimum Gasteiger partial charge on any atom is -0.355 e. The quantitative estimate of drug-likeness (QED) is 0.568. The summed E-state index contributed by atoms with van der Waals surface area (Å²) < 4.78 is 0. The number of amides is 1. The molecule has 54 valence electrons. The summed E-state index contributed by atoms with van der Waals surface area (Å²) >= 11 is 0. The van der Waals surface area contributed by atoms with Gasteiger partial charge in [-0.2, -0.15) is 0 Å². The standard InChI is InChI=1S/C6H14N2O/c1-6(9)7-4-5-8(2)3/h4-5H2,1-3H3,(H,7,9). The Hall–Kier alpha value is -0.570. The van der Waals surface area contributed by atoms with Crippen LogP contribution in [-0.2, 0) is 4.79 Å². The lowest BCUT2D eigenvalue weighted by atomic mass is 10.5. The fraction of sp³-hybridized carbons (Fsp3) is 0.833. The highest BCUT2D eigenvalue weighted by atomic mass is 16.1. The topological polar surface area (TPSA) is 32.3 Å². The van der Waals surface area contributed by atoms with Gasteiger partial charge in [-0.05, 0) is 14.1 Å². The molecule has 0 radical (unpaired) electrons. The second-order valence-corrected chi connectivity index (χ2v) is 2.29. The maximum atomic E-state index is 10.3. The number of hydrogen-bond donors (Lipinski definition) is 1. The lowest BCUT2D eigenvalue weighted by molar-refractivity contribution is -0.118. The van der Waals surface area contributed by atoms with E-state index in [1.807, 2.05) is 19.0 Å². The molecule has 0 heterocycles. The average molecular weight is 130 g/mol. The fourth-order valence-corrected chi connectivity index (χ4v) is 0.456. The monoisotopic (exact) mass is 130 g/mol. The Morgan fingerprint density at radius 3 is 2.44 bits per heavy atom. The van der Waals surface area contributed by atoms with Crippen molar-refractivity contribution in [1.29, 1.82) is 0 Å². The van der Waals surface area contributed by atoms with E-state index in [1.54, 1.807) is 0 Å². The van der Waals surface area contributed by atoms with Crippen LogP contribution in [0, 0.1) is 0 Å². The van der Waals surface area contributed by atoms with Crippen molar-refractivity contribution in [3.63, 3.8) is 0 Å².